The second kappa shape index (κ2) is 16.8. The van der Waals surface area contributed by atoms with Gasteiger partial charge < -0.3 is 35.7 Å². The van der Waals surface area contributed by atoms with Crippen LogP contribution in [0.2, 0.25) is 0 Å². The Balaban J connectivity index is 1.30. The van der Waals surface area contributed by atoms with Gasteiger partial charge in [0.15, 0.2) is 0 Å². The Morgan fingerprint density at radius 1 is 0.190 bits per heavy atom. The molecule has 0 saturated heterocycles. The number of aromatic hydroxyl groups is 7. The molecule has 1 aliphatic carbocycles. The van der Waals surface area contributed by atoms with Gasteiger partial charge in [0, 0.05) is 44.9 Å². The number of rotatable bonds is 0. The van der Waals surface area contributed by atoms with Gasteiger partial charge in [-0.15, -0.1) is 0 Å². The lowest BCUT2D eigenvalue weighted by molar-refractivity contribution is 0.451. The van der Waals surface area contributed by atoms with Crippen LogP contribution in [0.1, 0.15) is 117 Å². The summed E-state index contributed by atoms with van der Waals surface area (Å²) in [4.78, 5) is 0. The van der Waals surface area contributed by atoms with Crippen molar-refractivity contribution in [1.82, 2.24) is 0 Å². The minimum absolute atomic E-state index is 0.0886. The van der Waals surface area contributed by atoms with E-state index in [4.69, 9.17) is 0 Å². The number of phenols is 7. The molecule has 0 radical (unpaired) electrons. The molecule has 322 valence electrons. The van der Waals surface area contributed by atoms with Crippen molar-refractivity contribution in [1.29, 1.82) is 0 Å². The van der Waals surface area contributed by atoms with Crippen molar-refractivity contribution >= 4 is 0 Å². The summed E-state index contributed by atoms with van der Waals surface area (Å²) in [7, 11) is 0. The van der Waals surface area contributed by atoms with E-state index in [9.17, 15) is 35.7 Å². The predicted molar refractivity (Wildman–Crippen MR) is 250 cm³/mol. The number of hydrogen-bond acceptors (Lipinski definition) is 7. The Bertz CT molecular complexity index is 2250. The molecule has 14 bridgehead atoms. The van der Waals surface area contributed by atoms with Crippen LogP contribution in [0, 0.1) is 48.5 Å². The molecule has 7 aromatic rings. The highest BCUT2D eigenvalue weighted by atomic mass is 16.3. The van der Waals surface area contributed by atoms with Crippen LogP contribution in [0.15, 0.2) is 84.9 Å². The number of aryl methyl sites for hydroxylation is 7. The Hall–Kier alpha value is -6.86. The third-order valence-corrected chi connectivity index (χ3v) is 12.6. The number of benzene rings is 7. The lowest BCUT2D eigenvalue weighted by Gasteiger charge is -2.19. The van der Waals surface area contributed by atoms with Crippen LogP contribution in [0.25, 0.3) is 0 Å². The Labute approximate surface area is 369 Å². The summed E-state index contributed by atoms with van der Waals surface area (Å²) in [6.07, 6.45) is 1.76. The largest absolute Gasteiger partial charge is 0.507 e. The second-order valence-electron chi connectivity index (χ2n) is 18.3. The number of fused-ring (bicyclic) bond motifs is 14. The highest BCUT2D eigenvalue weighted by molar-refractivity contribution is 5.59. The van der Waals surface area contributed by atoms with Crippen LogP contribution >= 0.6 is 0 Å². The van der Waals surface area contributed by atoms with Gasteiger partial charge >= 0.3 is 0 Å². The summed E-state index contributed by atoms with van der Waals surface area (Å²) in [6, 6.07) is 26.8. The average molecular weight is 841 g/mol. The molecule has 0 atom stereocenters. The monoisotopic (exact) mass is 840 g/mol. The fourth-order valence-electron chi connectivity index (χ4n) is 9.86. The highest BCUT2D eigenvalue weighted by Gasteiger charge is 2.22. The van der Waals surface area contributed by atoms with Gasteiger partial charge in [-0.3, -0.25) is 0 Å². The van der Waals surface area contributed by atoms with Crippen molar-refractivity contribution in [3.8, 4) is 40.2 Å². The van der Waals surface area contributed by atoms with Gasteiger partial charge in [0.05, 0.1) is 0 Å². The molecule has 8 rings (SSSR count). The second-order valence-corrected chi connectivity index (χ2v) is 18.3. The fraction of sp³-hybridized carbons (Fsp3) is 0.250. The number of hydrogen-bond donors (Lipinski definition) is 7. The van der Waals surface area contributed by atoms with E-state index < -0.39 is 0 Å². The van der Waals surface area contributed by atoms with Gasteiger partial charge in [-0.1, -0.05) is 124 Å². The molecular formula is C56H56O7. The van der Waals surface area contributed by atoms with Gasteiger partial charge in [-0.25, -0.2) is 0 Å². The molecule has 7 N–H and O–H groups in total. The van der Waals surface area contributed by atoms with E-state index >= 15 is 0 Å². The van der Waals surface area contributed by atoms with Crippen LogP contribution in [0.4, 0.5) is 0 Å². The third kappa shape index (κ3) is 8.78. The molecule has 0 spiro atoms. The number of phenolic OH excluding ortho intramolecular Hbond substituents is 7. The van der Waals surface area contributed by atoms with Crippen molar-refractivity contribution in [3.63, 3.8) is 0 Å². The van der Waals surface area contributed by atoms with Crippen LogP contribution < -0.4 is 0 Å². The predicted octanol–water partition coefficient (Wildman–Crippen LogP) is 11.2. The molecular weight excluding hydrogens is 785 g/mol. The van der Waals surface area contributed by atoms with E-state index in [1.807, 2.05) is 133 Å². The normalized spacial score (nSPS) is 13.0. The molecule has 1 aliphatic rings. The minimum atomic E-state index is 0.0886. The first-order valence-electron chi connectivity index (χ1n) is 21.6. The van der Waals surface area contributed by atoms with Crippen molar-refractivity contribution in [2.75, 3.05) is 0 Å². The molecule has 0 heterocycles. The van der Waals surface area contributed by atoms with E-state index in [0.717, 1.165) is 38.9 Å². The topological polar surface area (TPSA) is 142 Å². The van der Waals surface area contributed by atoms with Crippen LogP contribution in [-0.2, 0) is 44.9 Å². The molecule has 7 heteroatoms. The highest BCUT2D eigenvalue weighted by Crippen LogP contribution is 2.41. The van der Waals surface area contributed by atoms with Gasteiger partial charge in [0.2, 0.25) is 0 Å². The summed E-state index contributed by atoms with van der Waals surface area (Å²) in [5.74, 6) is 0.620. The summed E-state index contributed by atoms with van der Waals surface area (Å²) in [5.41, 5.74) is 15.4. The smallest absolute Gasteiger partial charge is 0.122 e. The van der Waals surface area contributed by atoms with Crippen molar-refractivity contribution in [2.24, 2.45) is 0 Å². The van der Waals surface area contributed by atoms with Gasteiger partial charge in [-0.05, 0) is 126 Å². The SMILES string of the molecule is Cc1cc2c(O)c(c1)Cc1cc(C)cc(c1O)Cc1cc(C)cc(c1O)Cc1cc(C)cc(c1O)Cc1cc(C)cc(c1O)Cc1cc(C)cc(c1O)Cc1cc(C)cc(c1O)C2. The van der Waals surface area contributed by atoms with E-state index in [-0.39, 0.29) is 85.2 Å². The lowest BCUT2D eigenvalue weighted by Crippen LogP contribution is -2.02. The van der Waals surface area contributed by atoms with E-state index in [1.165, 1.54) is 0 Å². The van der Waals surface area contributed by atoms with Gasteiger partial charge in [-0.2, -0.15) is 0 Å². The standard InChI is InChI=1S/C56H56O7/c1-29-8-36-22-38-10-30(2)12-40(51(38)58)24-42-14-32(4)16-44(53(42)60)26-46-18-34(6)20-48(55(46)62)28-49-21-35(7)19-47(56(49)63)27-45-17-33(5)15-43(54(45)61)25-41-13-31(3)11-39(52(41)59)23-37(9-29)50(36)57/h8-21,57-63H,22-28H2,1-7H3. The zero-order valence-corrected chi connectivity index (χ0v) is 37.2. The van der Waals surface area contributed by atoms with E-state index in [1.54, 1.807) is 0 Å². The summed E-state index contributed by atoms with van der Waals surface area (Å²) < 4.78 is 0. The zero-order valence-electron chi connectivity index (χ0n) is 37.2. The zero-order chi connectivity index (χ0) is 45.0. The lowest BCUT2D eigenvalue weighted by atomic mass is 9.89. The fourth-order valence-corrected chi connectivity index (χ4v) is 9.86. The van der Waals surface area contributed by atoms with Crippen LogP contribution in [-0.4, -0.2) is 35.7 Å². The van der Waals surface area contributed by atoms with Crippen LogP contribution in [0.5, 0.6) is 40.2 Å². The molecule has 0 unspecified atom stereocenters. The Morgan fingerprint density at radius 3 is 0.349 bits per heavy atom. The third-order valence-electron chi connectivity index (χ3n) is 12.6. The Morgan fingerprint density at radius 2 is 0.270 bits per heavy atom. The van der Waals surface area contributed by atoms with Crippen molar-refractivity contribution < 1.29 is 35.7 Å². The van der Waals surface area contributed by atoms with E-state index in [0.29, 0.717) is 77.9 Å². The molecule has 0 aliphatic heterocycles. The molecule has 7 nitrogen and oxygen atoms in total. The molecule has 0 fully saturated rings. The first kappa shape index (κ1) is 42.8. The maximum atomic E-state index is 11.8. The maximum Gasteiger partial charge on any atom is 0.122 e. The first-order valence-corrected chi connectivity index (χ1v) is 21.6. The molecule has 0 amide bonds. The molecule has 0 saturated carbocycles. The summed E-state index contributed by atoms with van der Waals surface area (Å²) >= 11 is 0. The molecule has 63 heavy (non-hydrogen) atoms. The summed E-state index contributed by atoms with van der Waals surface area (Å²) in [6.45, 7) is 13.7. The van der Waals surface area contributed by atoms with E-state index in [2.05, 4.69) is 0 Å². The Kier molecular flexibility index (Phi) is 11.4. The van der Waals surface area contributed by atoms with Gasteiger partial charge in [0.1, 0.15) is 40.2 Å². The minimum Gasteiger partial charge on any atom is -0.507 e. The summed E-state index contributed by atoms with van der Waals surface area (Å²) in [5, 5.41) is 82.8. The van der Waals surface area contributed by atoms with Crippen molar-refractivity contribution in [3.05, 3.63) is 202 Å². The van der Waals surface area contributed by atoms with Gasteiger partial charge in [0.25, 0.3) is 0 Å². The molecule has 7 aromatic carbocycles. The maximum absolute atomic E-state index is 11.8. The average Bonchev–Trinajstić information content (AvgIpc) is 3.20. The van der Waals surface area contributed by atoms with Crippen LogP contribution in [0.3, 0.4) is 0 Å². The quantitative estimate of drug-likeness (QED) is 0.0806. The first-order chi connectivity index (χ1) is 29.9. The van der Waals surface area contributed by atoms with Crippen molar-refractivity contribution in [2.45, 2.75) is 93.4 Å². The molecule has 0 aromatic heterocycles.